The number of hydrogen-bond donors (Lipinski definition) is 1. The summed E-state index contributed by atoms with van der Waals surface area (Å²) in [4.78, 5) is 14.0. The quantitative estimate of drug-likeness (QED) is 0.875. The van der Waals surface area contributed by atoms with E-state index in [1.807, 2.05) is 20.8 Å². The Morgan fingerprint density at radius 2 is 2.12 bits per heavy atom. The molecule has 140 valence electrons. The molecule has 2 fully saturated rings. The van der Waals surface area contributed by atoms with Crippen LogP contribution in [0.15, 0.2) is 4.52 Å². The Balaban J connectivity index is 1.69. The number of carbonyl (C=O) groups is 1. The molecule has 1 aliphatic heterocycles. The van der Waals surface area contributed by atoms with E-state index in [-0.39, 0.29) is 5.91 Å². The smallest absolute Gasteiger partial charge is 0.227 e. The summed E-state index contributed by atoms with van der Waals surface area (Å²) in [5.41, 5.74) is 7.06. The van der Waals surface area contributed by atoms with E-state index in [4.69, 9.17) is 10.3 Å². The molecule has 8 nitrogen and oxygen atoms in total. The molecule has 1 atom stereocenters. The summed E-state index contributed by atoms with van der Waals surface area (Å²) < 4.78 is 7.52. The van der Waals surface area contributed by atoms with Crippen molar-refractivity contribution in [1.82, 2.24) is 19.9 Å². The van der Waals surface area contributed by atoms with Gasteiger partial charge in [-0.15, -0.1) is 10.2 Å². The lowest BCUT2D eigenvalue weighted by Gasteiger charge is -2.27. The molecule has 2 aromatic rings. The standard InChI is InChI=1S/C18H26N6O2/c1-11-14(12(2)26-22-11)9-24-15(13-5-4-6-13)20-21-17(24)23-8-7-18(3,10-23)16(19)25/h13H,4-10H2,1-3H3,(H2,19,25). The molecule has 26 heavy (non-hydrogen) atoms. The van der Waals surface area contributed by atoms with Crippen LogP contribution in [0.2, 0.25) is 0 Å². The van der Waals surface area contributed by atoms with Gasteiger partial charge in [0.05, 0.1) is 17.7 Å². The van der Waals surface area contributed by atoms with E-state index in [0.29, 0.717) is 19.0 Å². The number of hydrogen-bond acceptors (Lipinski definition) is 6. The van der Waals surface area contributed by atoms with Gasteiger partial charge in [-0.25, -0.2) is 0 Å². The average molecular weight is 358 g/mol. The van der Waals surface area contributed by atoms with Gasteiger partial charge in [0.1, 0.15) is 11.6 Å². The second kappa shape index (κ2) is 6.10. The highest BCUT2D eigenvalue weighted by atomic mass is 16.5. The van der Waals surface area contributed by atoms with Gasteiger partial charge in [0.25, 0.3) is 0 Å². The van der Waals surface area contributed by atoms with Crippen LogP contribution >= 0.6 is 0 Å². The minimum Gasteiger partial charge on any atom is -0.369 e. The Morgan fingerprint density at radius 1 is 1.35 bits per heavy atom. The van der Waals surface area contributed by atoms with E-state index < -0.39 is 5.41 Å². The van der Waals surface area contributed by atoms with Crippen molar-refractivity contribution in [2.75, 3.05) is 18.0 Å². The van der Waals surface area contributed by atoms with Gasteiger partial charge in [0, 0.05) is 24.6 Å². The lowest BCUT2D eigenvalue weighted by molar-refractivity contribution is -0.125. The van der Waals surface area contributed by atoms with E-state index in [0.717, 1.165) is 54.6 Å². The molecule has 1 unspecified atom stereocenters. The Kier molecular flexibility index (Phi) is 4.00. The van der Waals surface area contributed by atoms with Gasteiger partial charge in [-0.2, -0.15) is 0 Å². The van der Waals surface area contributed by atoms with Crippen LogP contribution in [0.1, 0.15) is 61.4 Å². The number of nitrogens with two attached hydrogens (primary N) is 1. The van der Waals surface area contributed by atoms with Crippen LogP contribution in [0.4, 0.5) is 5.95 Å². The van der Waals surface area contributed by atoms with Crippen LogP contribution in [0.5, 0.6) is 0 Å². The highest BCUT2D eigenvalue weighted by molar-refractivity contribution is 5.81. The highest BCUT2D eigenvalue weighted by Gasteiger charge is 2.41. The van der Waals surface area contributed by atoms with Gasteiger partial charge in [-0.05, 0) is 40.0 Å². The van der Waals surface area contributed by atoms with Crippen molar-refractivity contribution in [3.8, 4) is 0 Å². The molecule has 2 aromatic heterocycles. The van der Waals surface area contributed by atoms with E-state index in [1.165, 1.54) is 6.42 Å². The predicted octanol–water partition coefficient (Wildman–Crippen LogP) is 1.90. The topological polar surface area (TPSA) is 103 Å². The number of nitrogens with zero attached hydrogens (tertiary/aromatic N) is 5. The van der Waals surface area contributed by atoms with Gasteiger partial charge in [0.2, 0.25) is 11.9 Å². The molecule has 1 saturated carbocycles. The fourth-order valence-corrected chi connectivity index (χ4v) is 3.88. The minimum atomic E-state index is -0.517. The maximum Gasteiger partial charge on any atom is 0.227 e. The molecule has 0 aromatic carbocycles. The van der Waals surface area contributed by atoms with E-state index >= 15 is 0 Å². The van der Waals surface area contributed by atoms with Crippen molar-refractivity contribution in [2.24, 2.45) is 11.1 Å². The number of anilines is 1. The van der Waals surface area contributed by atoms with Crippen LogP contribution in [-0.2, 0) is 11.3 Å². The summed E-state index contributed by atoms with van der Waals surface area (Å²) in [6.45, 7) is 7.79. The molecule has 2 N–H and O–H groups in total. The molecule has 8 heteroatoms. The third kappa shape index (κ3) is 2.68. The number of rotatable bonds is 5. The van der Waals surface area contributed by atoms with Crippen molar-refractivity contribution in [2.45, 2.75) is 58.9 Å². The lowest BCUT2D eigenvalue weighted by atomic mass is 9.85. The number of primary amides is 1. The van der Waals surface area contributed by atoms with Gasteiger partial charge < -0.3 is 15.2 Å². The van der Waals surface area contributed by atoms with Gasteiger partial charge >= 0.3 is 0 Å². The largest absolute Gasteiger partial charge is 0.369 e. The highest BCUT2D eigenvalue weighted by Crippen LogP contribution is 2.39. The SMILES string of the molecule is Cc1noc(C)c1Cn1c(C2CCC2)nnc1N1CCC(C)(C(N)=O)C1. The molecule has 3 heterocycles. The fraction of sp³-hybridized carbons (Fsp3) is 0.667. The third-order valence-corrected chi connectivity index (χ3v) is 6.08. The zero-order valence-corrected chi connectivity index (χ0v) is 15.7. The molecule has 1 aliphatic carbocycles. The zero-order valence-electron chi connectivity index (χ0n) is 15.7. The van der Waals surface area contributed by atoms with Crippen LogP contribution in [-0.4, -0.2) is 38.9 Å². The van der Waals surface area contributed by atoms with Crippen molar-refractivity contribution in [3.05, 3.63) is 22.8 Å². The molecule has 0 spiro atoms. The lowest BCUT2D eigenvalue weighted by Crippen LogP contribution is -2.37. The zero-order chi connectivity index (χ0) is 18.5. The normalized spacial score (nSPS) is 23.4. The van der Waals surface area contributed by atoms with Crippen molar-refractivity contribution >= 4 is 11.9 Å². The van der Waals surface area contributed by atoms with Crippen LogP contribution in [0.3, 0.4) is 0 Å². The van der Waals surface area contributed by atoms with Crippen LogP contribution in [0, 0.1) is 19.3 Å². The van der Waals surface area contributed by atoms with E-state index in [9.17, 15) is 4.79 Å². The molecule has 1 saturated heterocycles. The first-order chi connectivity index (χ1) is 12.4. The van der Waals surface area contributed by atoms with E-state index in [2.05, 4.69) is 24.8 Å². The molecule has 0 radical (unpaired) electrons. The summed E-state index contributed by atoms with van der Waals surface area (Å²) in [6.07, 6.45) is 4.28. The summed E-state index contributed by atoms with van der Waals surface area (Å²) in [7, 11) is 0. The molecule has 0 bridgehead atoms. The first-order valence-corrected chi connectivity index (χ1v) is 9.29. The Bertz CT molecular complexity index is 817. The number of carbonyl (C=O) groups excluding carboxylic acids is 1. The number of aromatic nitrogens is 4. The first-order valence-electron chi connectivity index (χ1n) is 9.29. The third-order valence-electron chi connectivity index (χ3n) is 6.08. The first kappa shape index (κ1) is 17.1. The average Bonchev–Trinajstić information content (AvgIpc) is 3.21. The maximum absolute atomic E-state index is 11.8. The second-order valence-corrected chi connectivity index (χ2v) is 7.97. The molecule has 2 aliphatic rings. The van der Waals surface area contributed by atoms with Gasteiger partial charge in [-0.3, -0.25) is 9.36 Å². The second-order valence-electron chi connectivity index (χ2n) is 7.97. The van der Waals surface area contributed by atoms with Crippen LogP contribution < -0.4 is 10.6 Å². The molecule has 1 amide bonds. The monoisotopic (exact) mass is 358 g/mol. The Hall–Kier alpha value is -2.38. The van der Waals surface area contributed by atoms with Gasteiger partial charge in [0.15, 0.2) is 0 Å². The molecule has 4 rings (SSSR count). The maximum atomic E-state index is 11.8. The fourth-order valence-electron chi connectivity index (χ4n) is 3.88. The molecular weight excluding hydrogens is 332 g/mol. The van der Waals surface area contributed by atoms with Crippen LogP contribution in [0.25, 0.3) is 0 Å². The van der Waals surface area contributed by atoms with Gasteiger partial charge in [-0.1, -0.05) is 11.6 Å². The van der Waals surface area contributed by atoms with Crippen molar-refractivity contribution in [1.29, 1.82) is 0 Å². The number of aryl methyl sites for hydroxylation is 2. The molecular formula is C18H26N6O2. The Morgan fingerprint density at radius 3 is 2.65 bits per heavy atom. The van der Waals surface area contributed by atoms with Crippen molar-refractivity contribution in [3.63, 3.8) is 0 Å². The van der Waals surface area contributed by atoms with Crippen molar-refractivity contribution < 1.29 is 9.32 Å². The number of amides is 1. The predicted molar refractivity (Wildman–Crippen MR) is 95.8 cm³/mol. The summed E-state index contributed by atoms with van der Waals surface area (Å²) >= 11 is 0. The summed E-state index contributed by atoms with van der Waals surface area (Å²) in [5.74, 6) is 2.87. The minimum absolute atomic E-state index is 0.254. The Labute approximate surface area is 152 Å². The van der Waals surface area contributed by atoms with E-state index in [1.54, 1.807) is 0 Å². The summed E-state index contributed by atoms with van der Waals surface area (Å²) in [6, 6.07) is 0. The summed E-state index contributed by atoms with van der Waals surface area (Å²) in [5, 5.41) is 13.1.